The van der Waals surface area contributed by atoms with Crippen molar-refractivity contribution in [2.45, 2.75) is 45.7 Å². The Hall–Kier alpha value is -3.17. The molecule has 10 heteroatoms. The zero-order chi connectivity index (χ0) is 27.1. The zero-order valence-corrected chi connectivity index (χ0v) is 22.0. The fourth-order valence-electron chi connectivity index (χ4n) is 4.40. The topological polar surface area (TPSA) is 96.4 Å². The minimum absolute atomic E-state index is 0.0213. The summed E-state index contributed by atoms with van der Waals surface area (Å²) in [6, 6.07) is 9.18. The highest BCUT2D eigenvalue weighted by Gasteiger charge is 2.29. The van der Waals surface area contributed by atoms with E-state index in [0.29, 0.717) is 30.2 Å². The van der Waals surface area contributed by atoms with E-state index in [-0.39, 0.29) is 55.2 Å². The second-order valence-corrected chi connectivity index (χ2v) is 9.79. The van der Waals surface area contributed by atoms with Crippen molar-refractivity contribution < 1.29 is 33.4 Å². The number of nitrogens with zero attached hydrogens (tertiary/aromatic N) is 2. The van der Waals surface area contributed by atoms with Crippen molar-refractivity contribution >= 4 is 29.4 Å². The number of carbonyl (C=O) groups excluding carboxylic acids is 2. The zero-order valence-electron chi connectivity index (χ0n) is 21.2. The second kappa shape index (κ2) is 12.9. The lowest BCUT2D eigenvalue weighted by molar-refractivity contribution is -0.140. The molecule has 1 fully saturated rings. The number of hydrogen-bond acceptors (Lipinski definition) is 6. The number of carboxylic acid groups (broad SMARTS) is 1. The Morgan fingerprint density at radius 1 is 1.14 bits per heavy atom. The standard InChI is InChI=1S/C27H32ClFN2O6/c1-17(2)15-30(22(14-27(34)35)19-5-6-20(28)21(29)13-19)16-18-4-7-23(24(12-18)36-3)37-11-10-31-25(32)8-9-26(31)33/h4-7,12-13,17,22H,8-11,14-16H2,1-3H3,(H,34,35). The first-order valence-electron chi connectivity index (χ1n) is 12.1. The molecule has 200 valence electrons. The number of carbonyl (C=O) groups is 3. The molecule has 2 aromatic carbocycles. The molecule has 1 unspecified atom stereocenters. The van der Waals surface area contributed by atoms with Crippen molar-refractivity contribution in [1.82, 2.24) is 9.80 Å². The molecule has 37 heavy (non-hydrogen) atoms. The highest BCUT2D eigenvalue weighted by Crippen LogP contribution is 2.33. The Labute approximate surface area is 220 Å². The second-order valence-electron chi connectivity index (χ2n) is 9.38. The maximum atomic E-state index is 14.2. The van der Waals surface area contributed by atoms with Gasteiger partial charge in [-0.05, 0) is 41.3 Å². The minimum atomic E-state index is -0.995. The summed E-state index contributed by atoms with van der Waals surface area (Å²) in [5.74, 6) is -0.842. The maximum Gasteiger partial charge on any atom is 0.305 e. The normalized spacial score (nSPS) is 14.5. The molecular formula is C27H32ClFN2O6. The van der Waals surface area contributed by atoms with Gasteiger partial charge in [0.1, 0.15) is 12.4 Å². The predicted molar refractivity (Wildman–Crippen MR) is 136 cm³/mol. The number of rotatable bonds is 13. The average Bonchev–Trinajstić information content (AvgIpc) is 3.16. The van der Waals surface area contributed by atoms with E-state index in [1.807, 2.05) is 24.8 Å². The Morgan fingerprint density at radius 3 is 2.43 bits per heavy atom. The molecule has 2 aromatic rings. The van der Waals surface area contributed by atoms with E-state index in [4.69, 9.17) is 21.1 Å². The largest absolute Gasteiger partial charge is 0.493 e. The van der Waals surface area contributed by atoms with Crippen LogP contribution in [-0.4, -0.2) is 59.5 Å². The van der Waals surface area contributed by atoms with Crippen LogP contribution in [0, 0.1) is 11.7 Å². The van der Waals surface area contributed by atoms with E-state index in [0.717, 1.165) is 5.56 Å². The van der Waals surface area contributed by atoms with Gasteiger partial charge in [-0.25, -0.2) is 4.39 Å². The number of amides is 2. The van der Waals surface area contributed by atoms with Crippen LogP contribution in [0.2, 0.25) is 5.02 Å². The van der Waals surface area contributed by atoms with E-state index in [2.05, 4.69) is 0 Å². The van der Waals surface area contributed by atoms with Crippen molar-refractivity contribution in [2.24, 2.45) is 5.92 Å². The number of benzene rings is 2. The summed E-state index contributed by atoms with van der Waals surface area (Å²) >= 11 is 5.85. The number of aliphatic carboxylic acids is 1. The molecule has 0 spiro atoms. The van der Waals surface area contributed by atoms with Crippen molar-refractivity contribution in [2.75, 3.05) is 26.8 Å². The lowest BCUT2D eigenvalue weighted by Gasteiger charge is -2.33. The average molecular weight is 535 g/mol. The summed E-state index contributed by atoms with van der Waals surface area (Å²) in [7, 11) is 1.51. The summed E-state index contributed by atoms with van der Waals surface area (Å²) in [6.07, 6.45) is 0.255. The van der Waals surface area contributed by atoms with Crippen LogP contribution in [0.1, 0.15) is 50.3 Å². The molecule has 0 bridgehead atoms. The summed E-state index contributed by atoms with van der Waals surface area (Å²) in [6.45, 7) is 5.31. The highest BCUT2D eigenvalue weighted by molar-refractivity contribution is 6.30. The van der Waals surface area contributed by atoms with Crippen LogP contribution in [0.4, 0.5) is 4.39 Å². The summed E-state index contributed by atoms with van der Waals surface area (Å²) < 4.78 is 25.5. The molecule has 1 heterocycles. The van der Waals surface area contributed by atoms with E-state index >= 15 is 0 Å². The third-order valence-electron chi connectivity index (χ3n) is 6.08. The Bertz CT molecular complexity index is 1130. The number of methoxy groups -OCH3 is 1. The van der Waals surface area contributed by atoms with Crippen molar-refractivity contribution in [1.29, 1.82) is 0 Å². The lowest BCUT2D eigenvalue weighted by atomic mass is 9.99. The fourth-order valence-corrected chi connectivity index (χ4v) is 4.51. The van der Waals surface area contributed by atoms with Crippen LogP contribution < -0.4 is 9.47 Å². The van der Waals surface area contributed by atoms with E-state index in [9.17, 15) is 23.9 Å². The van der Waals surface area contributed by atoms with Gasteiger partial charge >= 0.3 is 5.97 Å². The molecule has 0 aromatic heterocycles. The molecule has 2 amide bonds. The van der Waals surface area contributed by atoms with Crippen LogP contribution in [0.3, 0.4) is 0 Å². The maximum absolute atomic E-state index is 14.2. The van der Waals surface area contributed by atoms with Gasteiger partial charge in [0.2, 0.25) is 11.8 Å². The van der Waals surface area contributed by atoms with E-state index in [1.54, 1.807) is 18.2 Å². The number of ether oxygens (including phenoxy) is 2. The van der Waals surface area contributed by atoms with Gasteiger partial charge in [-0.15, -0.1) is 0 Å². The number of halogens is 2. The first-order chi connectivity index (χ1) is 17.6. The number of carboxylic acids is 1. The van der Waals surface area contributed by atoms with Gasteiger partial charge in [0.25, 0.3) is 0 Å². The van der Waals surface area contributed by atoms with Crippen molar-refractivity contribution in [3.63, 3.8) is 0 Å². The lowest BCUT2D eigenvalue weighted by Crippen LogP contribution is -2.33. The predicted octanol–water partition coefficient (Wildman–Crippen LogP) is 4.69. The molecular weight excluding hydrogens is 503 g/mol. The van der Waals surface area contributed by atoms with Gasteiger partial charge in [-0.1, -0.05) is 37.6 Å². The third-order valence-corrected chi connectivity index (χ3v) is 6.38. The van der Waals surface area contributed by atoms with Gasteiger partial charge in [-0.2, -0.15) is 0 Å². The number of imide groups is 1. The monoisotopic (exact) mass is 534 g/mol. The molecule has 1 aliphatic heterocycles. The molecule has 1 saturated heterocycles. The van der Waals surface area contributed by atoms with Crippen LogP contribution in [0.25, 0.3) is 0 Å². The quantitative estimate of drug-likeness (QED) is 0.372. The van der Waals surface area contributed by atoms with Gasteiger partial charge in [0.15, 0.2) is 11.5 Å². The molecule has 1 atom stereocenters. The third kappa shape index (κ3) is 7.66. The Morgan fingerprint density at radius 2 is 1.84 bits per heavy atom. The molecule has 0 aliphatic carbocycles. The van der Waals surface area contributed by atoms with Crippen molar-refractivity contribution in [3.05, 3.63) is 58.4 Å². The summed E-state index contributed by atoms with van der Waals surface area (Å²) in [5, 5.41) is 9.58. The highest BCUT2D eigenvalue weighted by atomic mass is 35.5. The smallest absolute Gasteiger partial charge is 0.305 e. The Kier molecular flexibility index (Phi) is 9.88. The summed E-state index contributed by atoms with van der Waals surface area (Å²) in [4.78, 5) is 38.5. The molecule has 1 aliphatic rings. The van der Waals surface area contributed by atoms with Crippen LogP contribution in [-0.2, 0) is 20.9 Å². The van der Waals surface area contributed by atoms with Gasteiger partial charge < -0.3 is 14.6 Å². The summed E-state index contributed by atoms with van der Waals surface area (Å²) in [5.41, 5.74) is 1.38. The van der Waals surface area contributed by atoms with E-state index < -0.39 is 17.8 Å². The Balaban J connectivity index is 1.79. The first kappa shape index (κ1) is 28.4. The van der Waals surface area contributed by atoms with Crippen LogP contribution in [0.15, 0.2) is 36.4 Å². The van der Waals surface area contributed by atoms with Gasteiger partial charge in [-0.3, -0.25) is 24.2 Å². The molecule has 0 radical (unpaired) electrons. The number of likely N-dealkylation sites (tertiary alicyclic amines) is 1. The van der Waals surface area contributed by atoms with E-state index in [1.165, 1.54) is 24.1 Å². The van der Waals surface area contributed by atoms with Crippen molar-refractivity contribution in [3.8, 4) is 11.5 Å². The van der Waals surface area contributed by atoms with Crippen LogP contribution >= 0.6 is 11.6 Å². The molecule has 8 nitrogen and oxygen atoms in total. The molecule has 3 rings (SSSR count). The SMILES string of the molecule is COc1cc(CN(CC(C)C)C(CC(=O)O)c2ccc(Cl)c(F)c2)ccc1OCCN1C(=O)CCC1=O. The molecule has 1 N–H and O–H groups in total. The molecule has 0 saturated carbocycles. The number of hydrogen-bond donors (Lipinski definition) is 1. The first-order valence-corrected chi connectivity index (χ1v) is 12.5. The van der Waals surface area contributed by atoms with Gasteiger partial charge in [0.05, 0.1) is 25.1 Å². The van der Waals surface area contributed by atoms with Gasteiger partial charge in [0, 0.05) is 32.0 Å². The minimum Gasteiger partial charge on any atom is -0.493 e. The fraction of sp³-hybridized carbons (Fsp3) is 0.444. The van der Waals surface area contributed by atoms with Crippen LogP contribution in [0.5, 0.6) is 11.5 Å².